The van der Waals surface area contributed by atoms with E-state index >= 15 is 0 Å². The molecule has 0 saturated heterocycles. The van der Waals surface area contributed by atoms with Crippen LogP contribution in [0.3, 0.4) is 0 Å². The maximum atomic E-state index is 9.23. The van der Waals surface area contributed by atoms with Gasteiger partial charge in [0.05, 0.1) is 12.6 Å². The normalized spacial score (nSPS) is 20.0. The summed E-state index contributed by atoms with van der Waals surface area (Å²) in [5.41, 5.74) is -0.425. The van der Waals surface area contributed by atoms with E-state index < -0.39 is 5.54 Å². The highest BCUT2D eigenvalue weighted by atomic mass is 15.3. The smallest absolute Gasteiger partial charge is 0.129 e. The molecule has 4 nitrogen and oxygen atoms in total. The standard InChI is InChI=1S/C10H14N4/c1-12-10(7-11,9-3-4-9)8-14-6-2-5-13-14/h2,5-6,9,12H,3-4,8H2,1H3. The van der Waals surface area contributed by atoms with Gasteiger partial charge in [-0.1, -0.05) is 0 Å². The summed E-state index contributed by atoms with van der Waals surface area (Å²) >= 11 is 0. The van der Waals surface area contributed by atoms with E-state index in [2.05, 4.69) is 16.5 Å². The van der Waals surface area contributed by atoms with Gasteiger partial charge in [-0.25, -0.2) is 0 Å². The van der Waals surface area contributed by atoms with E-state index in [0.29, 0.717) is 12.5 Å². The molecule has 1 unspecified atom stereocenters. The molecule has 1 fully saturated rings. The molecule has 1 aromatic rings. The van der Waals surface area contributed by atoms with Gasteiger partial charge in [-0.05, 0) is 31.9 Å². The quantitative estimate of drug-likeness (QED) is 0.763. The minimum absolute atomic E-state index is 0.425. The lowest BCUT2D eigenvalue weighted by atomic mass is 9.95. The van der Waals surface area contributed by atoms with Crippen molar-refractivity contribution in [3.05, 3.63) is 18.5 Å². The number of nitrogens with zero attached hydrogens (tertiary/aromatic N) is 3. The summed E-state index contributed by atoms with van der Waals surface area (Å²) in [7, 11) is 1.85. The van der Waals surface area contributed by atoms with Crippen molar-refractivity contribution >= 4 is 0 Å². The van der Waals surface area contributed by atoms with Crippen molar-refractivity contribution in [3.63, 3.8) is 0 Å². The Bertz CT molecular complexity index is 334. The fourth-order valence-electron chi connectivity index (χ4n) is 1.82. The number of hydrogen-bond donors (Lipinski definition) is 1. The molecule has 1 aliphatic carbocycles. The SMILES string of the molecule is CNC(C#N)(Cn1cccn1)C1CC1. The highest BCUT2D eigenvalue weighted by molar-refractivity contribution is 5.14. The molecule has 14 heavy (non-hydrogen) atoms. The second-order valence-electron chi connectivity index (χ2n) is 3.81. The molecule has 1 atom stereocenters. The van der Waals surface area contributed by atoms with Gasteiger partial charge in [0.2, 0.25) is 0 Å². The average Bonchev–Trinajstić information content (AvgIpc) is 2.95. The Kier molecular flexibility index (Phi) is 2.26. The van der Waals surface area contributed by atoms with Crippen LogP contribution in [0.4, 0.5) is 0 Å². The molecule has 74 valence electrons. The van der Waals surface area contributed by atoms with Crippen molar-refractivity contribution in [1.29, 1.82) is 5.26 Å². The summed E-state index contributed by atoms with van der Waals surface area (Å²) in [5.74, 6) is 0.488. The summed E-state index contributed by atoms with van der Waals surface area (Å²) in [6.45, 7) is 0.637. The first-order valence-electron chi connectivity index (χ1n) is 4.88. The Labute approximate surface area is 83.5 Å². The molecule has 2 rings (SSSR count). The molecule has 1 heterocycles. The summed E-state index contributed by atoms with van der Waals surface area (Å²) in [4.78, 5) is 0. The van der Waals surface area contributed by atoms with Gasteiger partial charge in [0.25, 0.3) is 0 Å². The van der Waals surface area contributed by atoms with Crippen LogP contribution in [0, 0.1) is 17.2 Å². The Morgan fingerprint density at radius 3 is 2.93 bits per heavy atom. The van der Waals surface area contributed by atoms with E-state index in [1.165, 1.54) is 0 Å². The number of nitrogens with one attached hydrogen (secondary N) is 1. The minimum atomic E-state index is -0.425. The van der Waals surface area contributed by atoms with Gasteiger partial charge in [-0.2, -0.15) is 10.4 Å². The van der Waals surface area contributed by atoms with Crippen molar-refractivity contribution in [1.82, 2.24) is 15.1 Å². The van der Waals surface area contributed by atoms with E-state index in [4.69, 9.17) is 0 Å². The summed E-state index contributed by atoms with van der Waals surface area (Å²) in [6.07, 6.45) is 5.93. The molecular weight excluding hydrogens is 176 g/mol. The van der Waals surface area contributed by atoms with Crippen LogP contribution in [-0.4, -0.2) is 22.4 Å². The van der Waals surface area contributed by atoms with E-state index in [1.807, 2.05) is 24.0 Å². The van der Waals surface area contributed by atoms with Crippen LogP contribution in [0.15, 0.2) is 18.5 Å². The molecule has 1 aliphatic rings. The van der Waals surface area contributed by atoms with E-state index in [9.17, 15) is 5.26 Å². The fourth-order valence-corrected chi connectivity index (χ4v) is 1.82. The number of likely N-dealkylation sites (N-methyl/N-ethyl adjacent to an activating group) is 1. The Balaban J connectivity index is 2.15. The highest BCUT2D eigenvalue weighted by Crippen LogP contribution is 2.40. The lowest BCUT2D eigenvalue weighted by Crippen LogP contribution is -2.47. The van der Waals surface area contributed by atoms with Gasteiger partial charge < -0.3 is 5.32 Å². The Morgan fingerprint density at radius 1 is 1.71 bits per heavy atom. The number of rotatable bonds is 4. The second-order valence-corrected chi connectivity index (χ2v) is 3.81. The van der Waals surface area contributed by atoms with Crippen LogP contribution in [-0.2, 0) is 6.54 Å². The van der Waals surface area contributed by atoms with Crippen molar-refractivity contribution in [2.45, 2.75) is 24.9 Å². The third-order valence-electron chi connectivity index (χ3n) is 2.89. The summed E-state index contributed by atoms with van der Waals surface area (Å²) < 4.78 is 1.82. The van der Waals surface area contributed by atoms with Gasteiger partial charge >= 0.3 is 0 Å². The predicted octanol–water partition coefficient (Wildman–Crippen LogP) is 0.775. The average molecular weight is 190 g/mol. The minimum Gasteiger partial charge on any atom is -0.301 e. The molecule has 0 radical (unpaired) electrons. The van der Waals surface area contributed by atoms with Crippen LogP contribution in [0.2, 0.25) is 0 Å². The van der Waals surface area contributed by atoms with Gasteiger partial charge in [0.1, 0.15) is 5.54 Å². The molecular formula is C10H14N4. The zero-order valence-corrected chi connectivity index (χ0v) is 8.27. The molecule has 0 spiro atoms. The van der Waals surface area contributed by atoms with Crippen molar-refractivity contribution in [3.8, 4) is 6.07 Å². The summed E-state index contributed by atoms with van der Waals surface area (Å²) in [5, 5.41) is 16.5. The van der Waals surface area contributed by atoms with Crippen molar-refractivity contribution in [2.75, 3.05) is 7.05 Å². The first-order chi connectivity index (χ1) is 6.80. The lowest BCUT2D eigenvalue weighted by molar-refractivity contribution is 0.326. The first kappa shape index (κ1) is 9.22. The molecule has 4 heteroatoms. The van der Waals surface area contributed by atoms with E-state index in [0.717, 1.165) is 12.8 Å². The molecule has 1 N–H and O–H groups in total. The Hall–Kier alpha value is -1.34. The third-order valence-corrected chi connectivity index (χ3v) is 2.89. The maximum Gasteiger partial charge on any atom is 0.129 e. The Morgan fingerprint density at radius 2 is 2.50 bits per heavy atom. The van der Waals surface area contributed by atoms with Crippen molar-refractivity contribution in [2.24, 2.45) is 5.92 Å². The third kappa shape index (κ3) is 1.51. The molecule has 0 aromatic carbocycles. The van der Waals surface area contributed by atoms with E-state index in [1.54, 1.807) is 6.20 Å². The van der Waals surface area contributed by atoms with E-state index in [-0.39, 0.29) is 0 Å². The predicted molar refractivity (Wildman–Crippen MR) is 52.4 cm³/mol. The fraction of sp³-hybridized carbons (Fsp3) is 0.600. The van der Waals surface area contributed by atoms with Crippen LogP contribution < -0.4 is 5.32 Å². The van der Waals surface area contributed by atoms with Crippen LogP contribution in [0.1, 0.15) is 12.8 Å². The van der Waals surface area contributed by atoms with Gasteiger partial charge in [-0.15, -0.1) is 0 Å². The molecule has 0 aliphatic heterocycles. The van der Waals surface area contributed by atoms with Crippen molar-refractivity contribution < 1.29 is 0 Å². The zero-order chi connectivity index (χ0) is 10.0. The van der Waals surface area contributed by atoms with Gasteiger partial charge in [0.15, 0.2) is 0 Å². The molecule has 1 saturated carbocycles. The van der Waals surface area contributed by atoms with Gasteiger partial charge in [-0.3, -0.25) is 4.68 Å². The van der Waals surface area contributed by atoms with Crippen LogP contribution >= 0.6 is 0 Å². The topological polar surface area (TPSA) is 53.6 Å². The first-order valence-corrected chi connectivity index (χ1v) is 4.88. The molecule has 0 bridgehead atoms. The molecule has 0 amide bonds. The monoisotopic (exact) mass is 190 g/mol. The zero-order valence-electron chi connectivity index (χ0n) is 8.27. The van der Waals surface area contributed by atoms with Crippen LogP contribution in [0.25, 0.3) is 0 Å². The second kappa shape index (κ2) is 3.43. The molecule has 1 aromatic heterocycles. The number of aromatic nitrogens is 2. The number of nitriles is 1. The number of hydrogen-bond acceptors (Lipinski definition) is 3. The lowest BCUT2D eigenvalue weighted by Gasteiger charge is -2.25. The highest BCUT2D eigenvalue weighted by Gasteiger charge is 2.45. The maximum absolute atomic E-state index is 9.23. The summed E-state index contributed by atoms with van der Waals surface area (Å²) in [6, 6.07) is 4.27. The van der Waals surface area contributed by atoms with Gasteiger partial charge in [0, 0.05) is 12.4 Å². The largest absolute Gasteiger partial charge is 0.301 e. The van der Waals surface area contributed by atoms with Crippen LogP contribution in [0.5, 0.6) is 0 Å².